The maximum atomic E-state index is 4.81. The fourth-order valence-corrected chi connectivity index (χ4v) is 3.52. The predicted octanol–water partition coefficient (Wildman–Crippen LogP) is 3.61. The maximum Gasteiger partial charge on any atom is 0.115 e. The lowest BCUT2D eigenvalue weighted by Crippen LogP contribution is -2.22. The smallest absolute Gasteiger partial charge is 0.115 e. The monoisotopic (exact) mass is 306 g/mol. The molecule has 0 aliphatic rings. The molecule has 2 heterocycles. The molecule has 0 fully saturated rings. The molecule has 0 aliphatic heterocycles. The van der Waals surface area contributed by atoms with Crippen molar-refractivity contribution < 1.29 is 0 Å². The first-order valence-electron chi connectivity index (χ1n) is 7.40. The molecule has 0 aromatic carbocycles. The summed E-state index contributed by atoms with van der Waals surface area (Å²) in [5.74, 6) is 0.462. The van der Waals surface area contributed by atoms with Crippen molar-refractivity contribution in [3.63, 3.8) is 0 Å². The molecular formula is C16H26N4S. The zero-order valence-corrected chi connectivity index (χ0v) is 14.9. The Labute approximate surface area is 131 Å². The Morgan fingerprint density at radius 3 is 2.43 bits per heavy atom. The van der Waals surface area contributed by atoms with Gasteiger partial charge < -0.3 is 5.32 Å². The van der Waals surface area contributed by atoms with Crippen molar-refractivity contribution in [3.8, 4) is 0 Å². The van der Waals surface area contributed by atoms with Gasteiger partial charge in [0.15, 0.2) is 0 Å². The third-order valence-corrected chi connectivity index (χ3v) is 4.47. The molecule has 21 heavy (non-hydrogen) atoms. The highest BCUT2D eigenvalue weighted by Crippen LogP contribution is 2.33. The van der Waals surface area contributed by atoms with Crippen LogP contribution in [0.4, 0.5) is 0 Å². The van der Waals surface area contributed by atoms with E-state index in [-0.39, 0.29) is 11.5 Å². The topological polar surface area (TPSA) is 42.7 Å². The second-order valence-electron chi connectivity index (χ2n) is 6.84. The van der Waals surface area contributed by atoms with Gasteiger partial charge in [0.05, 0.1) is 17.4 Å². The zero-order valence-electron chi connectivity index (χ0n) is 14.1. The van der Waals surface area contributed by atoms with Crippen molar-refractivity contribution >= 4 is 11.3 Å². The van der Waals surface area contributed by atoms with Crippen LogP contribution in [0.1, 0.15) is 68.5 Å². The number of thiazole rings is 1. The molecule has 1 unspecified atom stereocenters. The minimum absolute atomic E-state index is 0.0177. The Morgan fingerprint density at radius 1 is 1.29 bits per heavy atom. The Balaban J connectivity index is 2.46. The van der Waals surface area contributed by atoms with Crippen LogP contribution in [0.15, 0.2) is 11.6 Å². The highest BCUT2D eigenvalue weighted by molar-refractivity contribution is 7.09. The summed E-state index contributed by atoms with van der Waals surface area (Å²) in [5, 5.41) is 11.4. The van der Waals surface area contributed by atoms with Crippen LogP contribution in [0.25, 0.3) is 0 Å². The van der Waals surface area contributed by atoms with E-state index in [2.05, 4.69) is 56.6 Å². The van der Waals surface area contributed by atoms with Gasteiger partial charge in [-0.05, 0) is 13.0 Å². The first kappa shape index (κ1) is 16.2. The molecule has 2 rings (SSSR count). The second-order valence-corrected chi connectivity index (χ2v) is 7.73. The number of rotatable bonds is 4. The van der Waals surface area contributed by atoms with Crippen molar-refractivity contribution in [1.29, 1.82) is 0 Å². The fraction of sp³-hybridized carbons (Fsp3) is 0.625. The summed E-state index contributed by atoms with van der Waals surface area (Å²) >= 11 is 1.72. The summed E-state index contributed by atoms with van der Waals surface area (Å²) in [7, 11) is 3.97. The van der Waals surface area contributed by atoms with Crippen LogP contribution in [0, 0.1) is 0 Å². The van der Waals surface area contributed by atoms with E-state index in [0.717, 1.165) is 16.4 Å². The first-order valence-corrected chi connectivity index (χ1v) is 8.28. The normalized spacial score (nSPS) is 13.9. The van der Waals surface area contributed by atoms with Gasteiger partial charge in [-0.2, -0.15) is 5.10 Å². The van der Waals surface area contributed by atoms with Crippen molar-refractivity contribution in [2.24, 2.45) is 7.05 Å². The summed E-state index contributed by atoms with van der Waals surface area (Å²) < 4.78 is 1.90. The van der Waals surface area contributed by atoms with E-state index in [1.165, 1.54) is 5.56 Å². The summed E-state index contributed by atoms with van der Waals surface area (Å²) in [5.41, 5.74) is 3.53. The molecule has 0 bridgehead atoms. The molecule has 5 heteroatoms. The van der Waals surface area contributed by atoms with E-state index in [4.69, 9.17) is 4.98 Å². The lowest BCUT2D eigenvalue weighted by atomic mass is 9.87. The number of nitrogens with one attached hydrogen (secondary N) is 1. The van der Waals surface area contributed by atoms with Gasteiger partial charge in [-0.15, -0.1) is 11.3 Å². The van der Waals surface area contributed by atoms with Gasteiger partial charge in [0, 0.05) is 29.6 Å². The molecule has 0 aliphatic carbocycles. The van der Waals surface area contributed by atoms with Gasteiger partial charge in [0.1, 0.15) is 5.01 Å². The quantitative estimate of drug-likeness (QED) is 0.938. The van der Waals surface area contributed by atoms with E-state index in [1.807, 2.05) is 18.8 Å². The summed E-state index contributed by atoms with van der Waals surface area (Å²) in [6, 6.07) is 0.102. The predicted molar refractivity (Wildman–Crippen MR) is 89.0 cm³/mol. The molecule has 0 radical (unpaired) electrons. The lowest BCUT2D eigenvalue weighted by molar-refractivity contribution is 0.539. The van der Waals surface area contributed by atoms with Crippen LogP contribution in [0.5, 0.6) is 0 Å². The Bertz CT molecular complexity index is 604. The third kappa shape index (κ3) is 3.35. The van der Waals surface area contributed by atoms with Crippen molar-refractivity contribution in [1.82, 2.24) is 20.1 Å². The summed E-state index contributed by atoms with van der Waals surface area (Å²) in [4.78, 5) is 4.81. The molecule has 1 N–H and O–H groups in total. The second kappa shape index (κ2) is 5.89. The summed E-state index contributed by atoms with van der Waals surface area (Å²) in [6.45, 7) is 11.0. The van der Waals surface area contributed by atoms with Crippen LogP contribution < -0.4 is 5.32 Å². The first-order chi connectivity index (χ1) is 9.74. The number of hydrogen-bond donors (Lipinski definition) is 1. The number of aromatic nitrogens is 3. The largest absolute Gasteiger partial charge is 0.307 e. The van der Waals surface area contributed by atoms with Crippen molar-refractivity contribution in [2.75, 3.05) is 7.05 Å². The number of aryl methyl sites for hydroxylation is 1. The molecular weight excluding hydrogens is 280 g/mol. The third-order valence-electron chi connectivity index (χ3n) is 3.55. The SMILES string of the molecule is CNC(c1nc(C(C)C)cs1)c1cn(C)nc1C(C)(C)C. The van der Waals surface area contributed by atoms with E-state index in [9.17, 15) is 0 Å². The molecule has 2 aromatic heterocycles. The molecule has 2 aromatic rings. The lowest BCUT2D eigenvalue weighted by Gasteiger charge is -2.21. The average Bonchev–Trinajstić information content (AvgIpc) is 2.97. The van der Waals surface area contributed by atoms with Gasteiger partial charge in [-0.3, -0.25) is 4.68 Å². The Morgan fingerprint density at radius 2 is 1.95 bits per heavy atom. The molecule has 1 atom stereocenters. The van der Waals surface area contributed by atoms with Crippen LogP contribution in [-0.2, 0) is 12.5 Å². The van der Waals surface area contributed by atoms with Gasteiger partial charge in [-0.1, -0.05) is 34.6 Å². The molecule has 0 spiro atoms. The van der Waals surface area contributed by atoms with Gasteiger partial charge in [0.2, 0.25) is 0 Å². The van der Waals surface area contributed by atoms with Crippen molar-refractivity contribution in [2.45, 2.75) is 52.0 Å². The van der Waals surface area contributed by atoms with E-state index < -0.39 is 0 Å². The zero-order chi connectivity index (χ0) is 15.8. The summed E-state index contributed by atoms with van der Waals surface area (Å²) in [6.07, 6.45) is 2.11. The Kier molecular flexibility index (Phi) is 4.54. The molecule has 0 amide bonds. The average molecular weight is 306 g/mol. The van der Waals surface area contributed by atoms with Crippen LogP contribution in [-0.4, -0.2) is 21.8 Å². The fourth-order valence-electron chi connectivity index (χ4n) is 2.41. The molecule has 4 nitrogen and oxygen atoms in total. The highest BCUT2D eigenvalue weighted by Gasteiger charge is 2.28. The maximum absolute atomic E-state index is 4.81. The van der Waals surface area contributed by atoms with Gasteiger partial charge in [-0.25, -0.2) is 4.98 Å². The standard InChI is InChI=1S/C16H26N4S/c1-10(2)12-9-21-15(18-12)13(17-6)11-8-20(7)19-14(11)16(3,4)5/h8-10,13,17H,1-7H3. The van der Waals surface area contributed by atoms with E-state index in [1.54, 1.807) is 11.3 Å². The molecule has 0 saturated carbocycles. The van der Waals surface area contributed by atoms with Gasteiger partial charge in [0.25, 0.3) is 0 Å². The van der Waals surface area contributed by atoms with Crippen LogP contribution in [0.2, 0.25) is 0 Å². The van der Waals surface area contributed by atoms with Crippen LogP contribution in [0.3, 0.4) is 0 Å². The molecule has 0 saturated heterocycles. The number of nitrogens with zero attached hydrogens (tertiary/aromatic N) is 3. The minimum Gasteiger partial charge on any atom is -0.307 e. The van der Waals surface area contributed by atoms with Gasteiger partial charge >= 0.3 is 0 Å². The molecule has 116 valence electrons. The van der Waals surface area contributed by atoms with E-state index in [0.29, 0.717) is 5.92 Å². The van der Waals surface area contributed by atoms with Crippen LogP contribution >= 0.6 is 11.3 Å². The minimum atomic E-state index is 0.0177. The van der Waals surface area contributed by atoms with Crippen molar-refractivity contribution in [3.05, 3.63) is 33.5 Å². The number of hydrogen-bond acceptors (Lipinski definition) is 4. The Hall–Kier alpha value is -1.20. The highest BCUT2D eigenvalue weighted by atomic mass is 32.1. The van der Waals surface area contributed by atoms with E-state index >= 15 is 0 Å².